The van der Waals surface area contributed by atoms with Crippen LogP contribution < -0.4 is 10.2 Å². The minimum Gasteiger partial charge on any atom is -0.364 e. The fraction of sp³-hybridized carbons (Fsp3) is 0.139. The van der Waals surface area contributed by atoms with Gasteiger partial charge >= 0.3 is 0 Å². The van der Waals surface area contributed by atoms with Crippen molar-refractivity contribution in [2.24, 2.45) is 0 Å². The zero-order valence-corrected chi connectivity index (χ0v) is 26.0. The van der Waals surface area contributed by atoms with E-state index < -0.39 is 0 Å². The van der Waals surface area contributed by atoms with Gasteiger partial charge < -0.3 is 15.1 Å². The van der Waals surface area contributed by atoms with Gasteiger partial charge in [0.25, 0.3) is 11.8 Å². The monoisotopic (exact) mass is 625 g/mol. The predicted octanol–water partition coefficient (Wildman–Crippen LogP) is 7.04. The number of amides is 2. The van der Waals surface area contributed by atoms with E-state index in [0.29, 0.717) is 29.2 Å². The van der Waals surface area contributed by atoms with Crippen molar-refractivity contribution < 1.29 is 9.59 Å². The molecule has 228 valence electrons. The Morgan fingerprint density at radius 1 is 0.891 bits per heavy atom. The van der Waals surface area contributed by atoms with E-state index in [1.165, 1.54) is 22.5 Å². The number of aromatic nitrogens is 4. The van der Waals surface area contributed by atoms with Gasteiger partial charge in [-0.3, -0.25) is 9.59 Å². The van der Waals surface area contributed by atoms with Crippen molar-refractivity contribution in [2.75, 3.05) is 10.2 Å². The fourth-order valence-corrected chi connectivity index (χ4v) is 6.47. The van der Waals surface area contributed by atoms with Crippen LogP contribution in [0.1, 0.15) is 44.5 Å². The first-order chi connectivity index (χ1) is 22.6. The molecular weight excluding hydrogens is 595 g/mol. The predicted molar refractivity (Wildman–Crippen MR) is 180 cm³/mol. The van der Waals surface area contributed by atoms with Gasteiger partial charge in [0.05, 0.1) is 22.7 Å². The Bertz CT molecular complexity index is 1960. The molecule has 9 nitrogen and oxygen atoms in total. The van der Waals surface area contributed by atoms with E-state index in [9.17, 15) is 9.59 Å². The van der Waals surface area contributed by atoms with Crippen LogP contribution >= 0.6 is 11.3 Å². The number of hydrogen-bond acceptors (Lipinski definition) is 7. The van der Waals surface area contributed by atoms with Gasteiger partial charge in [-0.05, 0) is 64.0 Å². The summed E-state index contributed by atoms with van der Waals surface area (Å²) in [5.74, 6) is -0.170. The van der Waals surface area contributed by atoms with Crippen LogP contribution in [0.5, 0.6) is 0 Å². The average Bonchev–Trinajstić information content (AvgIpc) is 3.85. The Balaban J connectivity index is 1.16. The minimum atomic E-state index is -0.169. The Morgan fingerprint density at radius 3 is 2.43 bits per heavy atom. The van der Waals surface area contributed by atoms with Gasteiger partial charge in [0.1, 0.15) is 6.17 Å². The van der Waals surface area contributed by atoms with Crippen LogP contribution in [0.4, 0.5) is 11.4 Å². The van der Waals surface area contributed by atoms with Crippen LogP contribution in [0.3, 0.4) is 0 Å². The summed E-state index contributed by atoms with van der Waals surface area (Å²) in [5.41, 5.74) is 6.83. The van der Waals surface area contributed by atoms with Gasteiger partial charge in [-0.1, -0.05) is 85.8 Å². The lowest BCUT2D eigenvalue weighted by Crippen LogP contribution is -2.48. The lowest BCUT2D eigenvalue weighted by molar-refractivity contribution is 0.0663. The van der Waals surface area contributed by atoms with Gasteiger partial charge in [-0.15, -0.1) is 26.3 Å². The van der Waals surface area contributed by atoms with E-state index >= 15 is 0 Å². The van der Waals surface area contributed by atoms with E-state index in [0.717, 1.165) is 40.0 Å². The summed E-state index contributed by atoms with van der Waals surface area (Å²) in [6.45, 7) is 2.89. The standard InChI is InChI=1S/C36H31N7O2S/c1-2-34-39-31-19-18-28(41(22-25-9-4-3-5-10-25)36(45)33-13-8-20-46-33)21-30(31)35(44)42(34)23-26-14-16-27(17-15-26)29-11-6-7-12-32(29)43-38-24-37-40-43/h3-21,24,34,39H,2,22-23H2,1H3. The molecule has 0 saturated heterocycles. The van der Waals surface area contributed by atoms with E-state index in [4.69, 9.17) is 0 Å². The second-order valence-electron chi connectivity index (χ2n) is 11.0. The molecule has 0 radical (unpaired) electrons. The first-order valence-electron chi connectivity index (χ1n) is 15.1. The number of carbonyl (C=O) groups is 2. The number of nitrogens with one attached hydrogen (secondary N) is 1. The van der Waals surface area contributed by atoms with Crippen molar-refractivity contribution in [2.45, 2.75) is 32.6 Å². The van der Waals surface area contributed by atoms with Gasteiger partial charge in [-0.2, -0.15) is 0 Å². The maximum absolute atomic E-state index is 14.1. The number of nitrogens with zero attached hydrogens (tertiary/aromatic N) is 6. The van der Waals surface area contributed by atoms with Crippen molar-refractivity contribution in [3.8, 4) is 16.8 Å². The molecule has 0 bridgehead atoms. The molecule has 1 atom stereocenters. The number of tetrazole rings is 1. The third kappa shape index (κ3) is 5.78. The number of thiophene rings is 1. The van der Waals surface area contributed by atoms with Gasteiger partial charge in [-0.25, -0.2) is 0 Å². The maximum Gasteiger partial charge on any atom is 0.268 e. The van der Waals surface area contributed by atoms with Crippen LogP contribution in [0.15, 0.2) is 121 Å². The largest absolute Gasteiger partial charge is 0.364 e. The molecule has 1 N–H and O–H groups in total. The second-order valence-corrected chi connectivity index (χ2v) is 12.0. The normalized spacial score (nSPS) is 14.1. The number of hydrogen-bond donors (Lipinski definition) is 1. The molecule has 0 spiro atoms. The summed E-state index contributed by atoms with van der Waals surface area (Å²) < 4.78 is 0. The number of rotatable bonds is 9. The first kappa shape index (κ1) is 29.1. The minimum absolute atomic E-state index is 0.0719. The smallest absolute Gasteiger partial charge is 0.268 e. The molecule has 2 aromatic heterocycles. The van der Waals surface area contributed by atoms with Crippen molar-refractivity contribution in [1.29, 1.82) is 0 Å². The molecule has 10 heteroatoms. The van der Waals surface area contributed by atoms with Crippen molar-refractivity contribution in [3.05, 3.63) is 142 Å². The number of para-hydroxylation sites is 1. The lowest BCUT2D eigenvalue weighted by Gasteiger charge is -2.38. The molecule has 0 saturated carbocycles. The molecule has 0 fully saturated rings. The summed E-state index contributed by atoms with van der Waals surface area (Å²) in [5, 5.41) is 17.6. The van der Waals surface area contributed by atoms with Gasteiger partial charge in [0.15, 0.2) is 6.33 Å². The third-order valence-corrected chi connectivity index (χ3v) is 9.00. The topological polar surface area (TPSA) is 96.2 Å². The molecule has 46 heavy (non-hydrogen) atoms. The Hall–Kier alpha value is -5.61. The Kier molecular flexibility index (Phi) is 8.09. The molecule has 6 aromatic rings. The molecule has 1 unspecified atom stereocenters. The van der Waals surface area contributed by atoms with Crippen molar-refractivity contribution in [3.63, 3.8) is 0 Å². The highest BCUT2D eigenvalue weighted by Gasteiger charge is 2.32. The number of fused-ring (bicyclic) bond motifs is 1. The van der Waals surface area contributed by atoms with Gasteiger partial charge in [0, 0.05) is 23.5 Å². The number of benzene rings is 4. The highest BCUT2D eigenvalue weighted by molar-refractivity contribution is 7.12. The SMILES string of the molecule is CCC1Nc2ccc(N(Cc3ccccc3)C(=O)c3cccs3)cc2C(=O)N1Cc1ccc(-c2ccccc2-n2ncnn2)cc1. The molecule has 1 aliphatic heterocycles. The molecule has 2 amide bonds. The Labute approximate surface area is 270 Å². The quantitative estimate of drug-likeness (QED) is 0.185. The molecule has 1 aliphatic rings. The zero-order valence-electron chi connectivity index (χ0n) is 25.2. The fourth-order valence-electron chi connectivity index (χ4n) is 5.80. The molecule has 7 rings (SSSR count). The summed E-state index contributed by atoms with van der Waals surface area (Å²) in [7, 11) is 0. The highest BCUT2D eigenvalue weighted by atomic mass is 32.1. The van der Waals surface area contributed by atoms with E-state index in [2.05, 4.69) is 39.8 Å². The first-order valence-corrected chi connectivity index (χ1v) is 16.0. The summed E-state index contributed by atoms with van der Waals surface area (Å²) in [4.78, 5) is 33.6. The Morgan fingerprint density at radius 2 is 1.70 bits per heavy atom. The second kappa shape index (κ2) is 12.8. The van der Waals surface area contributed by atoms with Crippen molar-refractivity contribution >= 4 is 34.5 Å². The molecule has 0 aliphatic carbocycles. The zero-order chi connectivity index (χ0) is 31.5. The van der Waals surface area contributed by atoms with E-state index in [1.54, 1.807) is 4.90 Å². The van der Waals surface area contributed by atoms with Crippen LogP contribution in [-0.4, -0.2) is 43.1 Å². The average molecular weight is 626 g/mol. The van der Waals surface area contributed by atoms with Gasteiger partial charge in [0.2, 0.25) is 0 Å². The molecule has 3 heterocycles. The van der Waals surface area contributed by atoms with E-state index in [1.807, 2.05) is 107 Å². The number of carbonyl (C=O) groups excluding carboxylic acids is 2. The maximum atomic E-state index is 14.1. The van der Waals surface area contributed by atoms with Crippen molar-refractivity contribution in [1.82, 2.24) is 25.1 Å². The molecular formula is C36H31N7O2S. The summed E-state index contributed by atoms with van der Waals surface area (Å²) in [6.07, 6.45) is 1.98. The summed E-state index contributed by atoms with van der Waals surface area (Å²) in [6, 6.07) is 35.4. The van der Waals surface area contributed by atoms with Crippen LogP contribution in [0.2, 0.25) is 0 Å². The van der Waals surface area contributed by atoms with Crippen LogP contribution in [0, 0.1) is 0 Å². The summed E-state index contributed by atoms with van der Waals surface area (Å²) >= 11 is 1.41. The lowest BCUT2D eigenvalue weighted by atomic mass is 10.0. The third-order valence-electron chi connectivity index (χ3n) is 8.14. The highest BCUT2D eigenvalue weighted by Crippen LogP contribution is 2.33. The number of anilines is 2. The van der Waals surface area contributed by atoms with Crippen LogP contribution in [-0.2, 0) is 13.1 Å². The van der Waals surface area contributed by atoms with E-state index in [-0.39, 0.29) is 18.0 Å². The van der Waals surface area contributed by atoms with Crippen LogP contribution in [0.25, 0.3) is 16.8 Å². The molecule has 4 aromatic carbocycles.